The van der Waals surface area contributed by atoms with Gasteiger partial charge in [0.1, 0.15) is 6.61 Å². The van der Waals surface area contributed by atoms with Gasteiger partial charge in [-0.3, -0.25) is 11.3 Å². The van der Waals surface area contributed by atoms with E-state index in [0.717, 1.165) is 19.3 Å². The summed E-state index contributed by atoms with van der Waals surface area (Å²) in [5, 5.41) is 0. The molecule has 1 unspecified atom stereocenters. The van der Waals surface area contributed by atoms with Crippen LogP contribution < -0.4 is 11.3 Å². The Kier molecular flexibility index (Phi) is 13.1. The van der Waals surface area contributed by atoms with E-state index in [4.69, 9.17) is 5.84 Å². The molecule has 0 rings (SSSR count). The maximum Gasteiger partial charge on any atom is 0.411 e. The fourth-order valence-electron chi connectivity index (χ4n) is 2.25. The quantitative estimate of drug-likeness (QED) is 0.285. The van der Waals surface area contributed by atoms with Crippen LogP contribution >= 0.6 is 0 Å². The number of hydrogen-bond donors (Lipinski definition) is 2. The molecule has 0 amide bonds. The third-order valence-corrected chi connectivity index (χ3v) is 3.52. The molecule has 3 nitrogen and oxygen atoms in total. The molecule has 0 radical (unpaired) electrons. The Bertz CT molecular complexity index is 225. The predicted octanol–water partition coefficient (Wildman–Crippen LogP) is 4.32. The number of ether oxygens (including phenoxy) is 1. The van der Waals surface area contributed by atoms with E-state index >= 15 is 0 Å². The zero-order valence-corrected chi connectivity index (χ0v) is 13.2. The zero-order valence-electron chi connectivity index (χ0n) is 13.2. The number of hydrogen-bond acceptors (Lipinski definition) is 3. The van der Waals surface area contributed by atoms with Crippen LogP contribution in [0.3, 0.4) is 0 Å². The molecule has 0 aromatic heterocycles. The minimum absolute atomic E-state index is 0.0401. The Labute approximate surface area is 126 Å². The lowest BCUT2D eigenvalue weighted by atomic mass is 10.0. The van der Waals surface area contributed by atoms with Crippen molar-refractivity contribution in [2.24, 2.45) is 5.84 Å². The average Bonchev–Trinajstić information content (AvgIpc) is 2.43. The number of nitrogens with one attached hydrogen (secondary N) is 1. The summed E-state index contributed by atoms with van der Waals surface area (Å²) in [6, 6.07) is 0.0401. The normalized spacial score (nSPS) is 13.6. The third kappa shape index (κ3) is 15.9. The molecule has 128 valence electrons. The molecule has 1 atom stereocenters. The maximum atomic E-state index is 11.9. The molecule has 3 N–H and O–H groups in total. The van der Waals surface area contributed by atoms with E-state index in [9.17, 15) is 13.2 Å². The van der Waals surface area contributed by atoms with Gasteiger partial charge in [-0.2, -0.15) is 13.2 Å². The van der Waals surface area contributed by atoms with Crippen molar-refractivity contribution in [3.8, 4) is 0 Å². The maximum absolute atomic E-state index is 11.9. The van der Waals surface area contributed by atoms with E-state index in [1.165, 1.54) is 38.5 Å². The summed E-state index contributed by atoms with van der Waals surface area (Å²) < 4.78 is 40.3. The van der Waals surface area contributed by atoms with Crippen LogP contribution in [0.4, 0.5) is 13.2 Å². The fraction of sp³-hybridized carbons (Fsp3) is 1.00. The lowest BCUT2D eigenvalue weighted by molar-refractivity contribution is -0.174. The minimum Gasteiger partial charge on any atom is -0.372 e. The number of halogens is 3. The van der Waals surface area contributed by atoms with Gasteiger partial charge in [-0.15, -0.1) is 0 Å². The number of hydrazine groups is 1. The summed E-state index contributed by atoms with van der Waals surface area (Å²) in [6.07, 6.45) is 7.08. The molecule has 0 bridgehead atoms. The van der Waals surface area contributed by atoms with Crippen molar-refractivity contribution in [1.82, 2.24) is 5.43 Å². The van der Waals surface area contributed by atoms with Gasteiger partial charge < -0.3 is 4.74 Å². The highest BCUT2D eigenvalue weighted by Crippen LogP contribution is 2.15. The highest BCUT2D eigenvalue weighted by Gasteiger charge is 2.27. The molecule has 0 aromatic carbocycles. The van der Waals surface area contributed by atoms with Crippen LogP contribution in [0.2, 0.25) is 0 Å². The van der Waals surface area contributed by atoms with Crippen molar-refractivity contribution in [3.05, 3.63) is 0 Å². The van der Waals surface area contributed by atoms with Crippen LogP contribution in [0.25, 0.3) is 0 Å². The summed E-state index contributed by atoms with van der Waals surface area (Å²) in [6.45, 7) is 1.12. The van der Waals surface area contributed by atoms with Crippen molar-refractivity contribution in [2.75, 3.05) is 13.2 Å². The number of unbranched alkanes of at least 4 members (excludes halogenated alkanes) is 7. The monoisotopic (exact) mass is 312 g/mol. The zero-order chi connectivity index (χ0) is 16.0. The van der Waals surface area contributed by atoms with Crippen molar-refractivity contribution in [3.63, 3.8) is 0 Å². The second-order valence-electron chi connectivity index (χ2n) is 5.58. The second kappa shape index (κ2) is 13.3. The molecule has 0 saturated heterocycles. The van der Waals surface area contributed by atoms with E-state index < -0.39 is 12.8 Å². The molecule has 6 heteroatoms. The van der Waals surface area contributed by atoms with Gasteiger partial charge in [0.25, 0.3) is 0 Å². The first kappa shape index (κ1) is 20.7. The Hall–Kier alpha value is -0.330. The Morgan fingerprint density at radius 1 is 0.952 bits per heavy atom. The summed E-state index contributed by atoms with van der Waals surface area (Å²) in [5.41, 5.74) is 2.66. The molecule has 0 aliphatic rings. The third-order valence-electron chi connectivity index (χ3n) is 3.52. The molecular weight excluding hydrogens is 281 g/mol. The fourth-order valence-corrected chi connectivity index (χ4v) is 2.25. The van der Waals surface area contributed by atoms with Crippen LogP contribution in [0.1, 0.15) is 71.1 Å². The molecule has 0 spiro atoms. The van der Waals surface area contributed by atoms with E-state index in [-0.39, 0.29) is 12.6 Å². The number of alkyl halides is 3. The van der Waals surface area contributed by atoms with E-state index in [0.29, 0.717) is 6.42 Å². The van der Waals surface area contributed by atoms with Gasteiger partial charge in [0.05, 0.1) is 0 Å². The minimum atomic E-state index is -4.25. The smallest absolute Gasteiger partial charge is 0.372 e. The lowest BCUT2D eigenvalue weighted by Crippen LogP contribution is -2.36. The van der Waals surface area contributed by atoms with Gasteiger partial charge >= 0.3 is 6.18 Å². The highest BCUT2D eigenvalue weighted by molar-refractivity contribution is 4.63. The molecule has 0 fully saturated rings. The van der Waals surface area contributed by atoms with Crippen molar-refractivity contribution in [2.45, 2.75) is 83.4 Å². The summed E-state index contributed by atoms with van der Waals surface area (Å²) in [7, 11) is 0. The van der Waals surface area contributed by atoms with Gasteiger partial charge in [0.15, 0.2) is 0 Å². The Morgan fingerprint density at radius 2 is 1.52 bits per heavy atom. The van der Waals surface area contributed by atoms with Gasteiger partial charge in [-0.25, -0.2) is 0 Å². The molecule has 0 saturated carbocycles. The van der Waals surface area contributed by atoms with Crippen molar-refractivity contribution >= 4 is 0 Å². The van der Waals surface area contributed by atoms with E-state index in [1.54, 1.807) is 0 Å². The van der Waals surface area contributed by atoms with Crippen LogP contribution in [0, 0.1) is 0 Å². The van der Waals surface area contributed by atoms with Crippen molar-refractivity contribution < 1.29 is 17.9 Å². The first-order chi connectivity index (χ1) is 9.99. The SMILES string of the molecule is CCCCCCCCCCC(CCOCC(F)(F)F)NN. The van der Waals surface area contributed by atoms with Gasteiger partial charge in [-0.05, 0) is 12.8 Å². The van der Waals surface area contributed by atoms with Crippen LogP contribution in [0.15, 0.2) is 0 Å². The Morgan fingerprint density at radius 3 is 2.05 bits per heavy atom. The van der Waals surface area contributed by atoms with Crippen LogP contribution in [-0.2, 0) is 4.74 Å². The second-order valence-corrected chi connectivity index (χ2v) is 5.58. The Balaban J connectivity index is 3.41. The molecule has 0 aliphatic heterocycles. The molecule has 0 aromatic rings. The first-order valence-corrected chi connectivity index (χ1v) is 8.10. The van der Waals surface area contributed by atoms with Gasteiger partial charge in [-0.1, -0.05) is 58.3 Å². The largest absolute Gasteiger partial charge is 0.411 e. The number of rotatable bonds is 14. The summed E-state index contributed by atoms with van der Waals surface area (Å²) in [5.74, 6) is 5.41. The standard InChI is InChI=1S/C15H31F3N2O/c1-2-3-4-5-6-7-8-9-10-14(20-19)11-12-21-13-15(16,17)18/h14,20H,2-13,19H2,1H3. The molecular formula is C15H31F3N2O. The molecule has 21 heavy (non-hydrogen) atoms. The predicted molar refractivity (Wildman–Crippen MR) is 79.8 cm³/mol. The van der Waals surface area contributed by atoms with Crippen LogP contribution in [-0.4, -0.2) is 25.4 Å². The summed E-state index contributed by atoms with van der Waals surface area (Å²) in [4.78, 5) is 0. The van der Waals surface area contributed by atoms with Crippen LogP contribution in [0.5, 0.6) is 0 Å². The van der Waals surface area contributed by atoms with E-state index in [1.807, 2.05) is 0 Å². The van der Waals surface area contributed by atoms with Gasteiger partial charge in [0, 0.05) is 12.6 Å². The summed E-state index contributed by atoms with van der Waals surface area (Å²) >= 11 is 0. The highest BCUT2D eigenvalue weighted by atomic mass is 19.4. The average molecular weight is 312 g/mol. The van der Waals surface area contributed by atoms with Gasteiger partial charge in [0.2, 0.25) is 0 Å². The number of nitrogens with two attached hydrogens (primary N) is 1. The molecule has 0 heterocycles. The topological polar surface area (TPSA) is 47.3 Å². The van der Waals surface area contributed by atoms with Crippen molar-refractivity contribution in [1.29, 1.82) is 0 Å². The first-order valence-electron chi connectivity index (χ1n) is 8.10. The molecule has 0 aliphatic carbocycles. The lowest BCUT2D eigenvalue weighted by Gasteiger charge is -2.16. The van der Waals surface area contributed by atoms with E-state index in [2.05, 4.69) is 17.1 Å².